The van der Waals surface area contributed by atoms with Gasteiger partial charge in [0.25, 0.3) is 0 Å². The molecule has 3 rings (SSSR count). The summed E-state index contributed by atoms with van der Waals surface area (Å²) < 4.78 is 3.55. The Kier molecular flexibility index (Phi) is 9.92. The summed E-state index contributed by atoms with van der Waals surface area (Å²) in [5.41, 5.74) is 11.7. The van der Waals surface area contributed by atoms with Gasteiger partial charge in [0.2, 0.25) is 0 Å². The lowest BCUT2D eigenvalue weighted by Gasteiger charge is -2.18. The zero-order chi connectivity index (χ0) is 24.0. The summed E-state index contributed by atoms with van der Waals surface area (Å²) in [6.45, 7) is 6.97. The van der Waals surface area contributed by atoms with Crippen LogP contribution < -0.4 is 16.4 Å². The summed E-state index contributed by atoms with van der Waals surface area (Å²) in [7, 11) is 3.73. The van der Waals surface area contributed by atoms with Crippen LogP contribution in [0.3, 0.4) is 0 Å². The predicted octanol–water partition coefficient (Wildman–Crippen LogP) is 3.02. The summed E-state index contributed by atoms with van der Waals surface area (Å²) in [5, 5.41) is 25.5. The van der Waals surface area contributed by atoms with Gasteiger partial charge >= 0.3 is 0 Å². The SMILES string of the molecule is CN=C(NCCCc1nn(-c2ccccc2)c(N)c1C#N)NC(C)Cc1c(C)nn(C)c1C.I. The fraction of sp³-hybridized carbons (Fsp3) is 0.417. The number of anilines is 1. The van der Waals surface area contributed by atoms with Crippen LogP contribution in [0.4, 0.5) is 5.82 Å². The third-order valence-electron chi connectivity index (χ3n) is 5.76. The maximum Gasteiger partial charge on any atom is 0.191 e. The van der Waals surface area contributed by atoms with Gasteiger partial charge in [0.15, 0.2) is 5.96 Å². The number of nitriles is 1. The van der Waals surface area contributed by atoms with E-state index in [2.05, 4.69) is 45.7 Å². The number of nitrogen functional groups attached to an aromatic ring is 1. The number of halogens is 1. The number of benzene rings is 1. The maximum absolute atomic E-state index is 9.57. The molecule has 182 valence electrons. The van der Waals surface area contributed by atoms with Crippen LogP contribution >= 0.6 is 24.0 Å². The van der Waals surface area contributed by atoms with Crippen LogP contribution in [0, 0.1) is 25.2 Å². The second-order valence-electron chi connectivity index (χ2n) is 8.19. The van der Waals surface area contributed by atoms with E-state index in [4.69, 9.17) is 5.73 Å². The van der Waals surface area contributed by atoms with Gasteiger partial charge in [-0.1, -0.05) is 18.2 Å². The number of hydrogen-bond acceptors (Lipinski definition) is 5. The minimum atomic E-state index is 0. The molecule has 0 aliphatic rings. The van der Waals surface area contributed by atoms with Crippen LogP contribution in [-0.4, -0.2) is 45.2 Å². The van der Waals surface area contributed by atoms with E-state index >= 15 is 0 Å². The highest BCUT2D eigenvalue weighted by Crippen LogP contribution is 2.21. The number of aromatic nitrogens is 4. The Morgan fingerprint density at radius 2 is 1.94 bits per heavy atom. The molecule has 0 aliphatic heterocycles. The molecule has 0 saturated carbocycles. The van der Waals surface area contributed by atoms with Gasteiger partial charge in [0.1, 0.15) is 17.5 Å². The normalized spacial score (nSPS) is 12.1. The highest BCUT2D eigenvalue weighted by molar-refractivity contribution is 14.0. The minimum absolute atomic E-state index is 0. The fourth-order valence-corrected chi connectivity index (χ4v) is 3.90. The number of aliphatic imine (C=N–C) groups is 1. The van der Waals surface area contributed by atoms with E-state index in [0.717, 1.165) is 30.2 Å². The first kappa shape index (κ1) is 27.2. The number of guanidine groups is 1. The van der Waals surface area contributed by atoms with Crippen LogP contribution in [0.2, 0.25) is 0 Å². The number of nitrogens with one attached hydrogen (secondary N) is 2. The van der Waals surface area contributed by atoms with Crippen molar-refractivity contribution in [2.24, 2.45) is 12.0 Å². The molecule has 2 aromatic heterocycles. The summed E-state index contributed by atoms with van der Waals surface area (Å²) in [4.78, 5) is 4.34. The zero-order valence-corrected chi connectivity index (χ0v) is 22.8. The Labute approximate surface area is 218 Å². The number of aryl methyl sites for hydroxylation is 3. The second kappa shape index (κ2) is 12.4. The average molecular weight is 576 g/mol. The van der Waals surface area contributed by atoms with Crippen molar-refractivity contribution in [3.63, 3.8) is 0 Å². The van der Waals surface area contributed by atoms with Gasteiger partial charge in [-0.05, 0) is 57.7 Å². The summed E-state index contributed by atoms with van der Waals surface area (Å²) in [6.07, 6.45) is 2.30. The van der Waals surface area contributed by atoms with Gasteiger partial charge in [-0.15, -0.1) is 24.0 Å². The van der Waals surface area contributed by atoms with Crippen molar-refractivity contribution in [3.8, 4) is 11.8 Å². The molecule has 0 bridgehead atoms. The Hall–Kier alpha value is -3.07. The van der Waals surface area contributed by atoms with Crippen LogP contribution in [0.25, 0.3) is 5.69 Å². The Morgan fingerprint density at radius 1 is 1.24 bits per heavy atom. The summed E-state index contributed by atoms with van der Waals surface area (Å²) >= 11 is 0. The molecule has 0 spiro atoms. The van der Waals surface area contributed by atoms with Crippen molar-refractivity contribution in [1.29, 1.82) is 5.26 Å². The van der Waals surface area contributed by atoms with E-state index in [0.29, 0.717) is 30.0 Å². The number of nitrogens with zero attached hydrogens (tertiary/aromatic N) is 6. The second-order valence-corrected chi connectivity index (χ2v) is 8.19. The molecule has 9 nitrogen and oxygen atoms in total. The van der Waals surface area contributed by atoms with E-state index in [9.17, 15) is 5.26 Å². The van der Waals surface area contributed by atoms with E-state index in [1.807, 2.05) is 49.0 Å². The van der Waals surface area contributed by atoms with Gasteiger partial charge in [-0.2, -0.15) is 15.5 Å². The van der Waals surface area contributed by atoms with Crippen molar-refractivity contribution in [3.05, 3.63) is 58.5 Å². The van der Waals surface area contributed by atoms with E-state index in [1.54, 1.807) is 11.7 Å². The molecule has 10 heteroatoms. The van der Waals surface area contributed by atoms with Crippen LogP contribution in [0.1, 0.15) is 41.6 Å². The minimum Gasteiger partial charge on any atom is -0.382 e. The fourth-order valence-electron chi connectivity index (χ4n) is 3.90. The van der Waals surface area contributed by atoms with Gasteiger partial charge in [0, 0.05) is 32.4 Å². The summed E-state index contributed by atoms with van der Waals surface area (Å²) in [6, 6.07) is 12.0. The quantitative estimate of drug-likeness (QED) is 0.164. The molecule has 1 unspecified atom stereocenters. The number of nitrogens with two attached hydrogens (primary N) is 1. The monoisotopic (exact) mass is 575 g/mol. The van der Waals surface area contributed by atoms with Crippen LogP contribution in [-0.2, 0) is 19.9 Å². The molecular weight excluding hydrogens is 541 g/mol. The smallest absolute Gasteiger partial charge is 0.191 e. The van der Waals surface area contributed by atoms with Gasteiger partial charge < -0.3 is 16.4 Å². The molecule has 4 N–H and O–H groups in total. The number of hydrogen-bond donors (Lipinski definition) is 3. The lowest BCUT2D eigenvalue weighted by Crippen LogP contribution is -2.43. The van der Waals surface area contributed by atoms with Gasteiger partial charge in [0.05, 0.1) is 17.1 Å². The first-order chi connectivity index (χ1) is 15.8. The Morgan fingerprint density at radius 3 is 2.53 bits per heavy atom. The van der Waals surface area contributed by atoms with E-state index in [1.165, 1.54) is 11.3 Å². The molecule has 0 aliphatic carbocycles. The highest BCUT2D eigenvalue weighted by Gasteiger charge is 2.17. The van der Waals surface area contributed by atoms with Gasteiger partial charge in [-0.3, -0.25) is 9.67 Å². The third-order valence-corrected chi connectivity index (χ3v) is 5.76. The highest BCUT2D eigenvalue weighted by atomic mass is 127. The first-order valence-corrected chi connectivity index (χ1v) is 11.1. The Bertz CT molecular complexity index is 1160. The molecule has 34 heavy (non-hydrogen) atoms. The molecule has 0 saturated heterocycles. The first-order valence-electron chi connectivity index (χ1n) is 11.1. The number of rotatable bonds is 8. The van der Waals surface area contributed by atoms with Crippen LogP contribution in [0.15, 0.2) is 35.3 Å². The van der Waals surface area contributed by atoms with Crippen molar-refractivity contribution in [2.75, 3.05) is 19.3 Å². The average Bonchev–Trinajstić information content (AvgIpc) is 3.25. The topological polar surface area (TPSA) is 122 Å². The Balaban J connectivity index is 0.00000408. The van der Waals surface area contributed by atoms with Crippen molar-refractivity contribution in [2.45, 2.75) is 46.1 Å². The number of para-hydroxylation sites is 1. The molecular formula is C24H34IN9. The van der Waals surface area contributed by atoms with E-state index < -0.39 is 0 Å². The largest absolute Gasteiger partial charge is 0.382 e. The molecule has 0 radical (unpaired) electrons. The molecule has 1 atom stereocenters. The molecule has 1 aromatic carbocycles. The summed E-state index contributed by atoms with van der Waals surface area (Å²) in [5.74, 6) is 1.12. The predicted molar refractivity (Wildman–Crippen MR) is 147 cm³/mol. The molecule has 2 heterocycles. The van der Waals surface area contributed by atoms with E-state index in [-0.39, 0.29) is 30.0 Å². The zero-order valence-electron chi connectivity index (χ0n) is 20.5. The van der Waals surface area contributed by atoms with Crippen molar-refractivity contribution < 1.29 is 0 Å². The lowest BCUT2D eigenvalue weighted by molar-refractivity contribution is 0.630. The van der Waals surface area contributed by atoms with Crippen molar-refractivity contribution in [1.82, 2.24) is 30.2 Å². The lowest BCUT2D eigenvalue weighted by atomic mass is 10.1. The molecule has 0 amide bonds. The maximum atomic E-state index is 9.57. The van der Waals surface area contributed by atoms with Crippen LogP contribution in [0.5, 0.6) is 0 Å². The van der Waals surface area contributed by atoms with Crippen molar-refractivity contribution >= 4 is 35.8 Å². The molecule has 3 aromatic rings. The standard InChI is InChI=1S/C24H33N9.HI/c1-16(14-20-17(2)30-32(5)18(20)3)29-24(27-4)28-13-9-12-22-21(15-25)23(26)33(31-22)19-10-7-6-8-11-19;/h6-8,10-11,16H,9,12-14,26H2,1-5H3,(H2,27,28,29);1H. The van der Waals surface area contributed by atoms with Gasteiger partial charge in [-0.25, -0.2) is 4.68 Å². The molecule has 0 fully saturated rings. The third kappa shape index (κ3) is 6.28.